The number of hydrogen-bond acceptors (Lipinski definition) is 8. The molecule has 4 amide bonds. The molecule has 43 heavy (non-hydrogen) atoms. The molecule has 0 radical (unpaired) electrons. The summed E-state index contributed by atoms with van der Waals surface area (Å²) in [7, 11) is 0. The van der Waals surface area contributed by atoms with E-state index >= 15 is 0 Å². The molecule has 0 unspecified atom stereocenters. The number of benzene rings is 2. The highest BCUT2D eigenvalue weighted by atomic mass is 16.4. The molecule has 0 aliphatic carbocycles. The number of carboxylic acid groups (broad SMARTS) is 1. The largest absolute Gasteiger partial charge is 0.481 e. The van der Waals surface area contributed by atoms with Gasteiger partial charge >= 0.3 is 5.97 Å². The topological polar surface area (TPSA) is 199 Å². The van der Waals surface area contributed by atoms with Crippen LogP contribution in [0.5, 0.6) is 0 Å². The number of nitrogens with zero attached hydrogens (tertiary/aromatic N) is 4. The second-order valence-electron chi connectivity index (χ2n) is 10.4. The molecule has 14 nitrogen and oxygen atoms in total. The maximum absolute atomic E-state index is 13.5. The molecule has 0 fully saturated rings. The smallest absolute Gasteiger partial charge is 0.307 e. The van der Waals surface area contributed by atoms with Gasteiger partial charge < -0.3 is 21.1 Å². The molecule has 3 aromatic rings. The van der Waals surface area contributed by atoms with Gasteiger partial charge in [-0.05, 0) is 28.7 Å². The van der Waals surface area contributed by atoms with E-state index in [0.717, 1.165) is 5.56 Å². The van der Waals surface area contributed by atoms with Gasteiger partial charge in [-0.25, -0.2) is 0 Å². The number of H-pyrrole nitrogens is 1. The average molecular weight is 591 g/mol. The Labute approximate surface area is 247 Å². The number of tetrazole rings is 1. The number of hydrogen-bond donors (Lipinski definition) is 5. The molecule has 0 saturated heterocycles. The molecular formula is C29H34N8O6. The van der Waals surface area contributed by atoms with Crippen LogP contribution in [-0.2, 0) is 49.8 Å². The van der Waals surface area contributed by atoms with Crippen LogP contribution in [-0.4, -0.2) is 74.0 Å². The summed E-state index contributed by atoms with van der Waals surface area (Å²) in [4.78, 5) is 65.1. The molecule has 0 spiro atoms. The van der Waals surface area contributed by atoms with Gasteiger partial charge in [-0.1, -0.05) is 67.9 Å². The quantitative estimate of drug-likeness (QED) is 0.186. The maximum Gasteiger partial charge on any atom is 0.307 e. The van der Waals surface area contributed by atoms with Crippen LogP contribution < -0.4 is 20.9 Å². The Morgan fingerprint density at radius 2 is 1.79 bits per heavy atom. The summed E-state index contributed by atoms with van der Waals surface area (Å²) >= 11 is 0. The van der Waals surface area contributed by atoms with E-state index in [0.29, 0.717) is 35.5 Å². The molecule has 2 aromatic carbocycles. The number of para-hydroxylation sites is 1. The van der Waals surface area contributed by atoms with Crippen LogP contribution in [0.1, 0.15) is 42.8 Å². The lowest BCUT2D eigenvalue weighted by Crippen LogP contribution is -2.54. The first-order valence-electron chi connectivity index (χ1n) is 13.9. The third-order valence-corrected chi connectivity index (χ3v) is 7.29. The van der Waals surface area contributed by atoms with Crippen LogP contribution in [0, 0.1) is 5.92 Å². The highest BCUT2D eigenvalue weighted by Crippen LogP contribution is 2.32. The number of carbonyl (C=O) groups is 5. The fraction of sp³-hybridized carbons (Fsp3) is 0.379. The van der Waals surface area contributed by atoms with Crippen LogP contribution >= 0.6 is 0 Å². The summed E-state index contributed by atoms with van der Waals surface area (Å²) in [5, 5.41) is 30.6. The molecule has 0 saturated carbocycles. The number of aromatic amines is 1. The first-order valence-corrected chi connectivity index (χ1v) is 13.9. The van der Waals surface area contributed by atoms with Gasteiger partial charge in [0.2, 0.25) is 23.6 Å². The SMILES string of the molecule is CC[C@H](C)[C@H](NC(=O)Cc1cccc(CC(=O)O)c1)C(=O)NCC(=O)N1c2ccccc2C[C@H]1C(=O)NCc1nn[nH]n1. The van der Waals surface area contributed by atoms with Crippen molar-refractivity contribution in [2.45, 2.75) is 58.2 Å². The van der Waals surface area contributed by atoms with Crippen molar-refractivity contribution in [1.82, 2.24) is 36.6 Å². The lowest BCUT2D eigenvalue weighted by Gasteiger charge is -2.27. The van der Waals surface area contributed by atoms with E-state index in [1.807, 2.05) is 26.0 Å². The van der Waals surface area contributed by atoms with Crippen molar-refractivity contribution >= 4 is 35.3 Å². The molecule has 226 valence electrons. The Morgan fingerprint density at radius 1 is 1.05 bits per heavy atom. The second kappa shape index (κ2) is 14.2. The zero-order chi connectivity index (χ0) is 30.9. The molecule has 14 heteroatoms. The molecule has 1 aliphatic rings. The van der Waals surface area contributed by atoms with Crippen LogP contribution in [0.4, 0.5) is 5.69 Å². The Bertz CT molecular complexity index is 1480. The molecular weight excluding hydrogens is 556 g/mol. The zero-order valence-corrected chi connectivity index (χ0v) is 23.9. The molecule has 1 aliphatic heterocycles. The number of carbonyl (C=O) groups excluding carboxylic acids is 4. The predicted octanol–water partition coefficient (Wildman–Crippen LogP) is 0.291. The molecule has 5 N–H and O–H groups in total. The van der Waals surface area contributed by atoms with E-state index in [4.69, 9.17) is 5.11 Å². The first kappa shape index (κ1) is 30.8. The van der Waals surface area contributed by atoms with E-state index in [2.05, 4.69) is 36.6 Å². The van der Waals surface area contributed by atoms with Crippen molar-refractivity contribution in [2.75, 3.05) is 11.4 Å². The summed E-state index contributed by atoms with van der Waals surface area (Å²) in [6, 6.07) is 12.1. The minimum absolute atomic E-state index is 0.0289. The first-order chi connectivity index (χ1) is 20.7. The number of aliphatic carboxylic acids is 1. The van der Waals surface area contributed by atoms with E-state index < -0.39 is 41.7 Å². The van der Waals surface area contributed by atoms with Crippen molar-refractivity contribution in [3.05, 3.63) is 71.0 Å². The highest BCUT2D eigenvalue weighted by Gasteiger charge is 2.38. The molecule has 1 aromatic heterocycles. The summed E-state index contributed by atoms with van der Waals surface area (Å²) in [6.07, 6.45) is 0.678. The minimum atomic E-state index is -0.974. The number of anilines is 1. The number of fused-ring (bicyclic) bond motifs is 1. The van der Waals surface area contributed by atoms with Gasteiger partial charge in [0, 0.05) is 12.1 Å². The normalized spacial score (nSPS) is 15.2. The third kappa shape index (κ3) is 7.99. The summed E-state index contributed by atoms with van der Waals surface area (Å²) in [5.74, 6) is -2.75. The third-order valence-electron chi connectivity index (χ3n) is 7.29. The summed E-state index contributed by atoms with van der Waals surface area (Å²) in [6.45, 7) is 3.35. The van der Waals surface area contributed by atoms with Crippen molar-refractivity contribution in [2.24, 2.45) is 5.92 Å². The lowest BCUT2D eigenvalue weighted by molar-refractivity contribution is -0.136. The maximum atomic E-state index is 13.5. The van der Waals surface area contributed by atoms with Gasteiger partial charge in [-0.3, -0.25) is 28.9 Å². The number of amides is 4. The fourth-order valence-corrected chi connectivity index (χ4v) is 4.94. The van der Waals surface area contributed by atoms with Crippen LogP contribution in [0.25, 0.3) is 0 Å². The number of carboxylic acids is 1. The Hall–Kier alpha value is -5.14. The molecule has 2 heterocycles. The standard InChI is InChI=1S/C29H34N8O6/c1-3-17(2)27(32-24(38)12-18-7-6-8-19(11-18)13-26(40)41)29(43)31-16-25(39)37-21-10-5-4-9-20(21)14-22(37)28(42)30-15-23-33-35-36-34-23/h4-11,17,22,27H,3,12-16H2,1-2H3,(H,30,42)(H,31,43)(H,32,38)(H,40,41)(H,33,34,35,36)/t17-,22-,27-/m0/s1. The highest BCUT2D eigenvalue weighted by molar-refractivity contribution is 6.05. The number of nitrogens with one attached hydrogen (secondary N) is 4. The van der Waals surface area contributed by atoms with Crippen molar-refractivity contribution in [1.29, 1.82) is 0 Å². The van der Waals surface area contributed by atoms with E-state index in [1.54, 1.807) is 36.4 Å². The second-order valence-corrected chi connectivity index (χ2v) is 10.4. The van der Waals surface area contributed by atoms with E-state index in [9.17, 15) is 24.0 Å². The Kier molecular flexibility index (Phi) is 10.1. The van der Waals surface area contributed by atoms with Gasteiger partial charge in [-0.15, -0.1) is 10.2 Å². The number of aromatic nitrogens is 4. The van der Waals surface area contributed by atoms with Gasteiger partial charge in [-0.2, -0.15) is 5.21 Å². The number of rotatable bonds is 13. The van der Waals surface area contributed by atoms with Gasteiger partial charge in [0.15, 0.2) is 5.82 Å². The Morgan fingerprint density at radius 3 is 2.49 bits per heavy atom. The molecule has 4 rings (SSSR count). The molecule has 0 bridgehead atoms. The monoisotopic (exact) mass is 590 g/mol. The van der Waals surface area contributed by atoms with Crippen molar-refractivity contribution in [3.8, 4) is 0 Å². The van der Waals surface area contributed by atoms with E-state index in [1.165, 1.54) is 4.90 Å². The Balaban J connectivity index is 1.40. The van der Waals surface area contributed by atoms with Crippen LogP contribution in [0.2, 0.25) is 0 Å². The van der Waals surface area contributed by atoms with Crippen LogP contribution in [0.15, 0.2) is 48.5 Å². The van der Waals surface area contributed by atoms with Crippen molar-refractivity contribution in [3.63, 3.8) is 0 Å². The van der Waals surface area contributed by atoms with E-state index in [-0.39, 0.29) is 31.8 Å². The zero-order valence-electron chi connectivity index (χ0n) is 23.9. The van der Waals surface area contributed by atoms with Gasteiger partial charge in [0.05, 0.1) is 25.9 Å². The van der Waals surface area contributed by atoms with Crippen LogP contribution in [0.3, 0.4) is 0 Å². The predicted molar refractivity (Wildman–Crippen MR) is 153 cm³/mol. The summed E-state index contributed by atoms with van der Waals surface area (Å²) < 4.78 is 0. The lowest BCUT2D eigenvalue weighted by atomic mass is 9.97. The van der Waals surface area contributed by atoms with Crippen molar-refractivity contribution < 1.29 is 29.1 Å². The summed E-state index contributed by atoms with van der Waals surface area (Å²) in [5.41, 5.74) is 2.58. The van der Waals surface area contributed by atoms with Gasteiger partial charge in [0.25, 0.3) is 0 Å². The molecule has 3 atom stereocenters. The minimum Gasteiger partial charge on any atom is -0.481 e. The average Bonchev–Trinajstić information content (AvgIpc) is 3.65. The van der Waals surface area contributed by atoms with Gasteiger partial charge in [0.1, 0.15) is 12.1 Å². The fourth-order valence-electron chi connectivity index (χ4n) is 4.94.